The van der Waals surface area contributed by atoms with Crippen LogP contribution in [0.25, 0.3) is 88.0 Å². The van der Waals surface area contributed by atoms with Gasteiger partial charge < -0.3 is 9.32 Å². The Morgan fingerprint density at radius 3 is 1.62 bits per heavy atom. The van der Waals surface area contributed by atoms with E-state index in [-0.39, 0.29) is 5.41 Å². The summed E-state index contributed by atoms with van der Waals surface area (Å²) in [5, 5.41) is 7.35. The summed E-state index contributed by atoms with van der Waals surface area (Å²) < 4.78 is 6.28. The van der Waals surface area contributed by atoms with Crippen molar-refractivity contribution in [2.45, 2.75) is 19.3 Å². The molecule has 0 saturated carbocycles. The highest BCUT2D eigenvalue weighted by Gasteiger charge is 2.36. The van der Waals surface area contributed by atoms with Gasteiger partial charge in [-0.3, -0.25) is 0 Å². The predicted octanol–water partition coefficient (Wildman–Crippen LogP) is 16.7. The average molecular weight is 780 g/mol. The van der Waals surface area contributed by atoms with Gasteiger partial charge in [0.15, 0.2) is 0 Å². The number of furan rings is 1. The SMILES string of the molecule is CC1(C)c2cc(-c3ccccc3)ccc2-c2ccc(N(c3ccc(-c4ccc5c(c4)oc4ccccc45)cc3)c3ccc(-c4cc5ccccc5c5ccccc45)cc3)cc21. The molecule has 61 heavy (non-hydrogen) atoms. The second-order valence-corrected chi connectivity index (χ2v) is 16.9. The molecule has 0 radical (unpaired) electrons. The lowest BCUT2D eigenvalue weighted by Gasteiger charge is -2.28. The topological polar surface area (TPSA) is 16.4 Å². The van der Waals surface area contributed by atoms with Gasteiger partial charge in [0.25, 0.3) is 0 Å². The van der Waals surface area contributed by atoms with Crippen LogP contribution in [0.15, 0.2) is 217 Å². The smallest absolute Gasteiger partial charge is 0.136 e. The summed E-state index contributed by atoms with van der Waals surface area (Å²) in [6.45, 7) is 4.74. The van der Waals surface area contributed by atoms with E-state index in [9.17, 15) is 0 Å². The van der Waals surface area contributed by atoms with E-state index < -0.39 is 0 Å². The number of hydrogen-bond donors (Lipinski definition) is 0. The minimum absolute atomic E-state index is 0.183. The molecule has 11 aromatic rings. The van der Waals surface area contributed by atoms with Crippen LogP contribution < -0.4 is 4.90 Å². The molecular formula is C59H41NO. The summed E-state index contributed by atoms with van der Waals surface area (Å²) >= 11 is 0. The van der Waals surface area contributed by atoms with Crippen LogP contribution in [0.4, 0.5) is 17.1 Å². The molecule has 10 aromatic carbocycles. The number of para-hydroxylation sites is 1. The number of benzene rings is 10. The van der Waals surface area contributed by atoms with E-state index in [0.29, 0.717) is 0 Å². The van der Waals surface area contributed by atoms with Crippen molar-refractivity contribution in [3.8, 4) is 44.5 Å². The molecule has 1 heterocycles. The number of fused-ring (bicyclic) bond motifs is 9. The van der Waals surface area contributed by atoms with Gasteiger partial charge in [0.1, 0.15) is 11.2 Å². The van der Waals surface area contributed by atoms with Crippen LogP contribution in [-0.2, 0) is 5.41 Å². The first-order valence-electron chi connectivity index (χ1n) is 21.2. The molecular weight excluding hydrogens is 739 g/mol. The Balaban J connectivity index is 0.965. The molecule has 0 spiro atoms. The maximum Gasteiger partial charge on any atom is 0.136 e. The number of rotatable bonds is 6. The van der Waals surface area contributed by atoms with Gasteiger partial charge in [-0.2, -0.15) is 0 Å². The highest BCUT2D eigenvalue weighted by Crippen LogP contribution is 2.52. The van der Waals surface area contributed by atoms with Gasteiger partial charge >= 0.3 is 0 Å². The monoisotopic (exact) mass is 779 g/mol. The van der Waals surface area contributed by atoms with E-state index in [0.717, 1.165) is 50.1 Å². The van der Waals surface area contributed by atoms with Crippen molar-refractivity contribution in [3.63, 3.8) is 0 Å². The fourth-order valence-electron chi connectivity index (χ4n) is 9.91. The van der Waals surface area contributed by atoms with Crippen molar-refractivity contribution in [2.24, 2.45) is 0 Å². The number of nitrogens with zero attached hydrogens (tertiary/aromatic N) is 1. The van der Waals surface area contributed by atoms with E-state index >= 15 is 0 Å². The van der Waals surface area contributed by atoms with E-state index in [1.807, 2.05) is 12.1 Å². The first-order chi connectivity index (χ1) is 30.0. The normalized spacial score (nSPS) is 12.9. The summed E-state index contributed by atoms with van der Waals surface area (Å²) in [6.07, 6.45) is 0. The second kappa shape index (κ2) is 13.7. The molecule has 0 bridgehead atoms. The maximum absolute atomic E-state index is 6.28. The van der Waals surface area contributed by atoms with E-state index in [1.54, 1.807) is 0 Å². The molecule has 1 aromatic heterocycles. The lowest BCUT2D eigenvalue weighted by molar-refractivity contribution is 0.660. The highest BCUT2D eigenvalue weighted by molar-refractivity contribution is 6.14. The third kappa shape index (κ3) is 5.71. The van der Waals surface area contributed by atoms with Crippen molar-refractivity contribution in [1.82, 2.24) is 0 Å². The Bertz CT molecular complexity index is 3480. The van der Waals surface area contributed by atoms with Crippen LogP contribution >= 0.6 is 0 Å². The summed E-state index contributed by atoms with van der Waals surface area (Å²) in [5.74, 6) is 0. The van der Waals surface area contributed by atoms with Gasteiger partial charge in [-0.15, -0.1) is 0 Å². The van der Waals surface area contributed by atoms with Gasteiger partial charge in [0.05, 0.1) is 0 Å². The maximum atomic E-state index is 6.28. The highest BCUT2D eigenvalue weighted by atomic mass is 16.3. The van der Waals surface area contributed by atoms with E-state index in [4.69, 9.17) is 4.42 Å². The van der Waals surface area contributed by atoms with Crippen LogP contribution in [0.5, 0.6) is 0 Å². The second-order valence-electron chi connectivity index (χ2n) is 16.9. The molecule has 1 aliphatic carbocycles. The van der Waals surface area contributed by atoms with Gasteiger partial charge in [0, 0.05) is 33.2 Å². The van der Waals surface area contributed by atoms with Crippen LogP contribution in [0.3, 0.4) is 0 Å². The molecule has 12 rings (SSSR count). The van der Waals surface area contributed by atoms with Gasteiger partial charge in [-0.1, -0.05) is 159 Å². The van der Waals surface area contributed by atoms with Crippen LogP contribution in [-0.4, -0.2) is 0 Å². The molecule has 0 fully saturated rings. The summed E-state index contributed by atoms with van der Waals surface area (Å²) in [5.41, 5.74) is 17.5. The van der Waals surface area contributed by atoms with Crippen molar-refractivity contribution >= 4 is 60.5 Å². The third-order valence-electron chi connectivity index (χ3n) is 13.1. The molecule has 0 N–H and O–H groups in total. The molecule has 0 aliphatic heterocycles. The van der Waals surface area contributed by atoms with Gasteiger partial charge in [-0.25, -0.2) is 0 Å². The van der Waals surface area contributed by atoms with E-state index in [2.05, 4.69) is 219 Å². The predicted molar refractivity (Wildman–Crippen MR) is 257 cm³/mol. The van der Waals surface area contributed by atoms with E-state index in [1.165, 1.54) is 66.1 Å². The molecule has 288 valence electrons. The molecule has 0 amide bonds. The number of hydrogen-bond acceptors (Lipinski definition) is 2. The van der Waals surface area contributed by atoms with Crippen LogP contribution in [0.1, 0.15) is 25.0 Å². The van der Waals surface area contributed by atoms with Crippen molar-refractivity contribution in [3.05, 3.63) is 223 Å². The molecule has 0 saturated heterocycles. The zero-order chi connectivity index (χ0) is 40.7. The Morgan fingerprint density at radius 2 is 0.852 bits per heavy atom. The zero-order valence-electron chi connectivity index (χ0n) is 34.1. The fourth-order valence-corrected chi connectivity index (χ4v) is 9.91. The molecule has 1 aliphatic rings. The quantitative estimate of drug-likeness (QED) is 0.156. The van der Waals surface area contributed by atoms with Crippen molar-refractivity contribution in [2.75, 3.05) is 4.90 Å². The summed E-state index contributed by atoms with van der Waals surface area (Å²) in [4.78, 5) is 2.41. The molecule has 0 atom stereocenters. The standard InChI is InChI=1S/C59H41NO/c1-59(2)55-35-41(38-12-4-3-5-13-38)24-31-50(55)51-33-30-46(37-56(51)59)60(44-26-20-39(21-27-44)42-25-32-53-52-18-10-11-19-57(52)61-58(53)36-42)45-28-22-40(23-29-45)54-34-43-14-6-7-15-47(43)48-16-8-9-17-49(48)54/h3-37H,1-2H3. The Morgan fingerprint density at radius 1 is 0.328 bits per heavy atom. The number of anilines is 3. The zero-order valence-corrected chi connectivity index (χ0v) is 34.1. The van der Waals surface area contributed by atoms with Crippen LogP contribution in [0, 0.1) is 0 Å². The van der Waals surface area contributed by atoms with Gasteiger partial charge in [0.2, 0.25) is 0 Å². The molecule has 2 heteroatoms. The third-order valence-corrected chi connectivity index (χ3v) is 13.1. The van der Waals surface area contributed by atoms with Crippen molar-refractivity contribution in [1.29, 1.82) is 0 Å². The van der Waals surface area contributed by atoms with Gasteiger partial charge in [-0.05, 0) is 144 Å². The Kier molecular flexibility index (Phi) is 7.92. The fraction of sp³-hybridized carbons (Fsp3) is 0.0508. The Labute approximate surface area is 355 Å². The Hall–Kier alpha value is -7.68. The summed E-state index contributed by atoms with van der Waals surface area (Å²) in [7, 11) is 0. The van der Waals surface area contributed by atoms with Crippen LogP contribution in [0.2, 0.25) is 0 Å². The average Bonchev–Trinajstić information content (AvgIpc) is 3.80. The molecule has 2 nitrogen and oxygen atoms in total. The lowest BCUT2D eigenvalue weighted by atomic mass is 9.81. The summed E-state index contributed by atoms with van der Waals surface area (Å²) in [6, 6.07) is 77.5. The van der Waals surface area contributed by atoms with Crippen molar-refractivity contribution < 1.29 is 4.42 Å². The first kappa shape index (κ1) is 35.3. The minimum Gasteiger partial charge on any atom is -0.456 e. The molecule has 0 unspecified atom stereocenters. The lowest BCUT2D eigenvalue weighted by Crippen LogP contribution is -2.16. The first-order valence-corrected chi connectivity index (χ1v) is 21.2. The largest absolute Gasteiger partial charge is 0.456 e. The minimum atomic E-state index is -0.183.